The Hall–Kier alpha value is -3.45. The number of piperazine rings is 1. The molecule has 3 fully saturated rings. The van der Waals surface area contributed by atoms with Crippen molar-refractivity contribution in [2.45, 2.75) is 62.4 Å². The van der Waals surface area contributed by atoms with Gasteiger partial charge < -0.3 is 9.80 Å². The monoisotopic (exact) mass is 645 g/mol. The van der Waals surface area contributed by atoms with E-state index in [1.165, 1.54) is 22.4 Å². The van der Waals surface area contributed by atoms with Crippen LogP contribution in [0.3, 0.4) is 0 Å². The Labute approximate surface area is 260 Å². The van der Waals surface area contributed by atoms with Gasteiger partial charge in [-0.15, -0.1) is 11.8 Å². The first-order valence-electron chi connectivity index (χ1n) is 15.0. The molecule has 2 saturated heterocycles. The zero-order valence-corrected chi connectivity index (χ0v) is 25.6. The minimum absolute atomic E-state index is 0.0956. The van der Waals surface area contributed by atoms with Crippen molar-refractivity contribution in [2.24, 2.45) is 5.41 Å². The first-order valence-corrected chi connectivity index (χ1v) is 16.0. The molecule has 0 bridgehead atoms. The number of nitrogens with zero attached hydrogens (tertiary/aromatic N) is 5. The van der Waals surface area contributed by atoms with Crippen molar-refractivity contribution < 1.29 is 26.7 Å². The van der Waals surface area contributed by atoms with Gasteiger partial charge in [-0.25, -0.2) is 13.6 Å². The standard InChI is InChI=1S/C32H32F5N5O2S/c1-4-25(43)42-17(2)11-39(12-18(42)3)29-22-10-23(32(35,36)37)26(21-8-5-19(33)9-24(21)34)28-27(22)41(30(44)38-29)15-31(16-45-28)13-40(14-31)20-6-7-20/h4-5,8-10,17-18,20H,1,6-7,11-16H2,2-3H3/t17-,18+. The zero-order chi connectivity index (χ0) is 32.0. The van der Waals surface area contributed by atoms with Crippen LogP contribution in [0.4, 0.5) is 27.8 Å². The Morgan fingerprint density at radius 3 is 2.38 bits per heavy atom. The van der Waals surface area contributed by atoms with Crippen LogP contribution in [0.15, 0.2) is 46.6 Å². The van der Waals surface area contributed by atoms with Gasteiger partial charge in [0.25, 0.3) is 0 Å². The van der Waals surface area contributed by atoms with E-state index < -0.39 is 34.6 Å². The number of thioether (sulfide) groups is 1. The fraction of sp³-hybridized carbons (Fsp3) is 0.469. The number of amides is 1. The minimum atomic E-state index is -4.90. The van der Waals surface area contributed by atoms with E-state index in [2.05, 4.69) is 16.5 Å². The summed E-state index contributed by atoms with van der Waals surface area (Å²) in [6, 6.07) is 3.32. The molecule has 7 nitrogen and oxygen atoms in total. The fourth-order valence-electron chi connectivity index (χ4n) is 7.45. The summed E-state index contributed by atoms with van der Waals surface area (Å²) < 4.78 is 75.7. The van der Waals surface area contributed by atoms with Crippen molar-refractivity contribution in [3.8, 4) is 11.1 Å². The molecule has 45 heavy (non-hydrogen) atoms. The van der Waals surface area contributed by atoms with Crippen molar-refractivity contribution in [3.63, 3.8) is 0 Å². The zero-order valence-electron chi connectivity index (χ0n) is 24.8. The lowest BCUT2D eigenvalue weighted by molar-refractivity contribution is -0.137. The maximum absolute atomic E-state index is 15.3. The third-order valence-electron chi connectivity index (χ3n) is 9.51. The van der Waals surface area contributed by atoms with E-state index in [1.54, 1.807) is 9.80 Å². The molecule has 0 N–H and O–H groups in total. The van der Waals surface area contributed by atoms with Gasteiger partial charge in [0, 0.05) is 89.5 Å². The van der Waals surface area contributed by atoms with Gasteiger partial charge in [0.1, 0.15) is 17.5 Å². The van der Waals surface area contributed by atoms with E-state index in [0.29, 0.717) is 31.0 Å². The molecule has 1 aromatic heterocycles. The van der Waals surface area contributed by atoms with E-state index in [9.17, 15) is 27.2 Å². The van der Waals surface area contributed by atoms with Gasteiger partial charge in [-0.2, -0.15) is 18.2 Å². The molecule has 3 aromatic rings. The molecular formula is C32H32F5N5O2S. The number of halogens is 5. The molecule has 2 atom stereocenters. The van der Waals surface area contributed by atoms with Crippen LogP contribution in [-0.2, 0) is 17.5 Å². The van der Waals surface area contributed by atoms with Gasteiger partial charge in [0.15, 0.2) is 0 Å². The molecule has 7 rings (SSSR count). The van der Waals surface area contributed by atoms with Crippen LogP contribution in [0.2, 0.25) is 0 Å². The van der Waals surface area contributed by atoms with Gasteiger partial charge in [-0.3, -0.25) is 14.3 Å². The number of anilines is 1. The van der Waals surface area contributed by atoms with Crippen molar-refractivity contribution in [2.75, 3.05) is 36.8 Å². The lowest BCUT2D eigenvalue weighted by atomic mass is 9.81. The van der Waals surface area contributed by atoms with Gasteiger partial charge in [-0.1, -0.05) is 6.58 Å². The molecule has 0 radical (unpaired) electrons. The molecule has 3 aliphatic heterocycles. The number of rotatable bonds is 4. The summed E-state index contributed by atoms with van der Waals surface area (Å²) in [5, 5.41) is 0.133. The number of hydrogen-bond acceptors (Lipinski definition) is 6. The topological polar surface area (TPSA) is 61.7 Å². The average molecular weight is 646 g/mol. The van der Waals surface area contributed by atoms with Crippen molar-refractivity contribution in [1.29, 1.82) is 0 Å². The highest BCUT2D eigenvalue weighted by atomic mass is 32.2. The minimum Gasteiger partial charge on any atom is -0.352 e. The molecule has 238 valence electrons. The summed E-state index contributed by atoms with van der Waals surface area (Å²) in [6.07, 6.45) is -1.47. The molecule has 0 unspecified atom stereocenters. The number of carbonyl (C=O) groups excluding carboxylic acids is 1. The Bertz CT molecular complexity index is 1790. The number of carbonyl (C=O) groups is 1. The summed E-state index contributed by atoms with van der Waals surface area (Å²) in [6.45, 7) is 9.36. The summed E-state index contributed by atoms with van der Waals surface area (Å²) >= 11 is 1.20. The molecule has 1 aliphatic carbocycles. The van der Waals surface area contributed by atoms with Gasteiger partial charge in [0.05, 0.1) is 11.1 Å². The van der Waals surface area contributed by atoms with Gasteiger partial charge >= 0.3 is 11.9 Å². The summed E-state index contributed by atoms with van der Waals surface area (Å²) in [7, 11) is 0. The summed E-state index contributed by atoms with van der Waals surface area (Å²) in [5.41, 5.74) is -2.56. The Morgan fingerprint density at radius 2 is 1.78 bits per heavy atom. The third-order valence-corrected chi connectivity index (χ3v) is 11.0. The first-order chi connectivity index (χ1) is 21.3. The third kappa shape index (κ3) is 5.02. The Morgan fingerprint density at radius 1 is 1.09 bits per heavy atom. The number of hydrogen-bond donors (Lipinski definition) is 0. The van der Waals surface area contributed by atoms with Crippen molar-refractivity contribution >= 4 is 34.4 Å². The highest BCUT2D eigenvalue weighted by Gasteiger charge is 2.50. The SMILES string of the molecule is C=CC(=O)N1[C@H](C)CN(c2nc(=O)n3c4c(c(-c5ccc(F)cc5F)c(C(F)(F)F)cc24)SCC2(CN(C4CC4)C2)C3)C[C@@H]1C. The Kier molecular flexibility index (Phi) is 7.08. The molecule has 1 spiro atoms. The molecule has 13 heteroatoms. The lowest BCUT2D eigenvalue weighted by Gasteiger charge is -2.50. The maximum Gasteiger partial charge on any atom is 0.417 e. The van der Waals surface area contributed by atoms with E-state index in [4.69, 9.17) is 0 Å². The number of benzene rings is 2. The Balaban J connectivity index is 1.46. The second-order valence-corrected chi connectivity index (χ2v) is 13.9. The fourth-order valence-corrected chi connectivity index (χ4v) is 8.90. The highest BCUT2D eigenvalue weighted by molar-refractivity contribution is 7.99. The second-order valence-electron chi connectivity index (χ2n) is 12.9. The van der Waals surface area contributed by atoms with Crippen LogP contribution < -0.4 is 10.6 Å². The normalized spacial score (nSPS) is 23.3. The van der Waals surface area contributed by atoms with Crippen LogP contribution in [0, 0.1) is 17.0 Å². The average Bonchev–Trinajstić information content (AvgIpc) is 3.80. The lowest BCUT2D eigenvalue weighted by Crippen LogP contribution is -2.60. The van der Waals surface area contributed by atoms with Gasteiger partial charge in [0.2, 0.25) is 5.91 Å². The summed E-state index contributed by atoms with van der Waals surface area (Å²) in [5.74, 6) is -1.76. The smallest absolute Gasteiger partial charge is 0.352 e. The molecule has 4 aliphatic rings. The van der Waals surface area contributed by atoms with Crippen LogP contribution in [0.5, 0.6) is 0 Å². The largest absolute Gasteiger partial charge is 0.417 e. The predicted molar refractivity (Wildman–Crippen MR) is 162 cm³/mol. The molecule has 2 aromatic carbocycles. The van der Waals surface area contributed by atoms with Crippen LogP contribution in [0.1, 0.15) is 32.3 Å². The number of alkyl halides is 3. The molecular weight excluding hydrogens is 613 g/mol. The highest BCUT2D eigenvalue weighted by Crippen LogP contribution is 2.52. The number of likely N-dealkylation sites (tertiary alicyclic amines) is 1. The second kappa shape index (κ2) is 10.5. The predicted octanol–water partition coefficient (Wildman–Crippen LogP) is 5.54. The van der Waals surface area contributed by atoms with E-state index in [-0.39, 0.29) is 70.2 Å². The van der Waals surface area contributed by atoms with E-state index in [1.807, 2.05) is 13.8 Å². The maximum atomic E-state index is 15.3. The van der Waals surface area contributed by atoms with Crippen molar-refractivity contribution in [3.05, 3.63) is 64.6 Å². The quantitative estimate of drug-likeness (QED) is 0.274. The molecule has 1 saturated carbocycles. The van der Waals surface area contributed by atoms with Crippen LogP contribution in [-0.4, -0.2) is 75.3 Å². The number of aromatic nitrogens is 2. The molecule has 4 heterocycles. The van der Waals surface area contributed by atoms with Crippen LogP contribution in [0.25, 0.3) is 22.0 Å². The van der Waals surface area contributed by atoms with E-state index in [0.717, 1.165) is 31.0 Å². The van der Waals surface area contributed by atoms with Crippen molar-refractivity contribution in [1.82, 2.24) is 19.4 Å². The van der Waals surface area contributed by atoms with E-state index >= 15 is 4.39 Å². The molecule has 1 amide bonds. The summed E-state index contributed by atoms with van der Waals surface area (Å²) in [4.78, 5) is 36.8. The first kappa shape index (κ1) is 30.2. The van der Waals surface area contributed by atoms with Gasteiger partial charge in [-0.05, 0) is 51.0 Å². The van der Waals surface area contributed by atoms with Crippen LogP contribution >= 0.6 is 11.8 Å².